The third-order valence-electron chi connectivity index (χ3n) is 2.99. The second-order valence-corrected chi connectivity index (χ2v) is 3.99. The summed E-state index contributed by atoms with van der Waals surface area (Å²) in [7, 11) is 0. The van der Waals surface area contributed by atoms with Crippen LogP contribution in [0, 0.1) is 0 Å². The molecule has 0 heteroatoms. The van der Waals surface area contributed by atoms with Crippen LogP contribution < -0.4 is 0 Å². The van der Waals surface area contributed by atoms with E-state index in [0.29, 0.717) is 0 Å². The van der Waals surface area contributed by atoms with Gasteiger partial charge in [-0.3, -0.25) is 0 Å². The van der Waals surface area contributed by atoms with Gasteiger partial charge >= 0.3 is 0 Å². The van der Waals surface area contributed by atoms with E-state index < -0.39 is 0 Å². The minimum Gasteiger partial charge on any atom is -0.0654 e. The Bertz CT molecular complexity index is 245. The standard InChI is InChI=1S/C14H22/c1-4-7-13(6-3)14-10-8-12(5-2)9-11-14/h8-11,13H,4-7H2,1-3H3. The zero-order valence-electron chi connectivity index (χ0n) is 9.72. The fourth-order valence-corrected chi connectivity index (χ4v) is 1.98. The highest BCUT2D eigenvalue weighted by atomic mass is 14.1. The second kappa shape index (κ2) is 5.85. The number of hydrogen-bond acceptors (Lipinski definition) is 0. The molecular formula is C14H22. The predicted octanol–water partition coefficient (Wildman–Crippen LogP) is 4.54. The van der Waals surface area contributed by atoms with Crippen molar-refractivity contribution in [2.24, 2.45) is 0 Å². The Kier molecular flexibility index (Phi) is 4.72. The van der Waals surface area contributed by atoms with Crippen LogP contribution in [-0.4, -0.2) is 0 Å². The molecule has 14 heavy (non-hydrogen) atoms. The molecular weight excluding hydrogens is 168 g/mol. The molecule has 1 aromatic rings. The Morgan fingerprint density at radius 3 is 2.07 bits per heavy atom. The van der Waals surface area contributed by atoms with Gasteiger partial charge in [-0.25, -0.2) is 0 Å². The summed E-state index contributed by atoms with van der Waals surface area (Å²) in [6.07, 6.45) is 5.01. The van der Waals surface area contributed by atoms with Crippen LogP contribution >= 0.6 is 0 Å². The Morgan fingerprint density at radius 1 is 1.00 bits per heavy atom. The van der Waals surface area contributed by atoms with Crippen LogP contribution in [0.5, 0.6) is 0 Å². The third-order valence-corrected chi connectivity index (χ3v) is 2.99. The predicted molar refractivity (Wildman–Crippen MR) is 63.8 cm³/mol. The lowest BCUT2D eigenvalue weighted by atomic mass is 9.91. The van der Waals surface area contributed by atoms with Crippen molar-refractivity contribution in [3.63, 3.8) is 0 Å². The summed E-state index contributed by atoms with van der Waals surface area (Å²) in [6.45, 7) is 6.76. The molecule has 1 unspecified atom stereocenters. The van der Waals surface area contributed by atoms with Gasteiger partial charge in [0.2, 0.25) is 0 Å². The van der Waals surface area contributed by atoms with Crippen LogP contribution in [-0.2, 0) is 6.42 Å². The summed E-state index contributed by atoms with van der Waals surface area (Å²) in [4.78, 5) is 0. The first kappa shape index (κ1) is 11.3. The Hall–Kier alpha value is -0.780. The first-order chi connectivity index (χ1) is 6.81. The van der Waals surface area contributed by atoms with Gasteiger partial charge in [-0.2, -0.15) is 0 Å². The highest BCUT2D eigenvalue weighted by molar-refractivity contribution is 5.25. The van der Waals surface area contributed by atoms with Crippen molar-refractivity contribution >= 4 is 0 Å². The van der Waals surface area contributed by atoms with E-state index in [0.717, 1.165) is 12.3 Å². The Labute approximate surface area is 88.4 Å². The molecule has 1 atom stereocenters. The Balaban J connectivity index is 2.73. The van der Waals surface area contributed by atoms with Gasteiger partial charge in [-0.15, -0.1) is 0 Å². The topological polar surface area (TPSA) is 0 Å². The van der Waals surface area contributed by atoms with E-state index in [9.17, 15) is 0 Å². The first-order valence-corrected chi connectivity index (χ1v) is 5.90. The largest absolute Gasteiger partial charge is 0.0654 e. The molecule has 0 aliphatic carbocycles. The summed E-state index contributed by atoms with van der Waals surface area (Å²) in [6, 6.07) is 9.16. The minimum atomic E-state index is 0.769. The SMILES string of the molecule is CCCC(CC)c1ccc(CC)cc1. The molecule has 0 bridgehead atoms. The van der Waals surface area contributed by atoms with Crippen molar-refractivity contribution in [2.75, 3.05) is 0 Å². The van der Waals surface area contributed by atoms with Gasteiger partial charge in [0.1, 0.15) is 0 Å². The highest BCUT2D eigenvalue weighted by Crippen LogP contribution is 2.24. The molecule has 0 saturated heterocycles. The molecule has 0 aromatic heterocycles. The van der Waals surface area contributed by atoms with Crippen molar-refractivity contribution in [3.8, 4) is 0 Å². The molecule has 0 aliphatic rings. The maximum Gasteiger partial charge on any atom is -0.0165 e. The summed E-state index contributed by atoms with van der Waals surface area (Å²) >= 11 is 0. The van der Waals surface area contributed by atoms with E-state index in [2.05, 4.69) is 45.0 Å². The van der Waals surface area contributed by atoms with E-state index in [4.69, 9.17) is 0 Å². The normalized spacial score (nSPS) is 12.8. The zero-order valence-corrected chi connectivity index (χ0v) is 9.72. The Morgan fingerprint density at radius 2 is 1.64 bits per heavy atom. The van der Waals surface area contributed by atoms with Crippen molar-refractivity contribution in [1.82, 2.24) is 0 Å². The fraction of sp³-hybridized carbons (Fsp3) is 0.571. The fourth-order valence-electron chi connectivity index (χ4n) is 1.98. The maximum absolute atomic E-state index is 2.31. The molecule has 0 spiro atoms. The van der Waals surface area contributed by atoms with Gasteiger partial charge in [-0.1, -0.05) is 51.5 Å². The molecule has 0 amide bonds. The van der Waals surface area contributed by atoms with Crippen molar-refractivity contribution < 1.29 is 0 Å². The van der Waals surface area contributed by atoms with Crippen LogP contribution in [0.1, 0.15) is 57.1 Å². The lowest BCUT2D eigenvalue weighted by Gasteiger charge is -2.14. The van der Waals surface area contributed by atoms with E-state index in [-0.39, 0.29) is 0 Å². The lowest BCUT2D eigenvalue weighted by Crippen LogP contribution is -1.96. The minimum absolute atomic E-state index is 0.769. The molecule has 0 fully saturated rings. The molecule has 78 valence electrons. The second-order valence-electron chi connectivity index (χ2n) is 3.99. The highest BCUT2D eigenvalue weighted by Gasteiger charge is 2.07. The van der Waals surface area contributed by atoms with Gasteiger partial charge in [0, 0.05) is 0 Å². The summed E-state index contributed by atoms with van der Waals surface area (Å²) in [5.74, 6) is 0.769. The number of aryl methyl sites for hydroxylation is 1. The molecule has 1 aromatic carbocycles. The van der Waals surface area contributed by atoms with Crippen LogP contribution in [0.15, 0.2) is 24.3 Å². The molecule has 0 N–H and O–H groups in total. The van der Waals surface area contributed by atoms with E-state index in [1.54, 1.807) is 0 Å². The van der Waals surface area contributed by atoms with Gasteiger partial charge in [0.15, 0.2) is 0 Å². The molecule has 0 heterocycles. The van der Waals surface area contributed by atoms with Crippen LogP contribution in [0.4, 0.5) is 0 Å². The number of rotatable bonds is 5. The van der Waals surface area contributed by atoms with E-state index in [1.165, 1.54) is 30.4 Å². The zero-order chi connectivity index (χ0) is 10.4. The van der Waals surface area contributed by atoms with Gasteiger partial charge in [-0.05, 0) is 36.3 Å². The van der Waals surface area contributed by atoms with Crippen molar-refractivity contribution in [2.45, 2.75) is 52.4 Å². The third kappa shape index (κ3) is 2.87. The van der Waals surface area contributed by atoms with Gasteiger partial charge < -0.3 is 0 Å². The molecule has 0 aliphatic heterocycles. The number of hydrogen-bond donors (Lipinski definition) is 0. The van der Waals surface area contributed by atoms with Crippen LogP contribution in [0.2, 0.25) is 0 Å². The van der Waals surface area contributed by atoms with Crippen LogP contribution in [0.25, 0.3) is 0 Å². The van der Waals surface area contributed by atoms with Crippen LogP contribution in [0.3, 0.4) is 0 Å². The summed E-state index contributed by atoms with van der Waals surface area (Å²) < 4.78 is 0. The van der Waals surface area contributed by atoms with Crippen molar-refractivity contribution in [1.29, 1.82) is 0 Å². The smallest absolute Gasteiger partial charge is 0.0165 e. The maximum atomic E-state index is 2.31. The molecule has 0 saturated carbocycles. The average molecular weight is 190 g/mol. The molecule has 0 nitrogen and oxygen atoms in total. The molecule has 1 rings (SSSR count). The number of benzene rings is 1. The van der Waals surface area contributed by atoms with E-state index >= 15 is 0 Å². The molecule has 0 radical (unpaired) electrons. The summed E-state index contributed by atoms with van der Waals surface area (Å²) in [5, 5.41) is 0. The van der Waals surface area contributed by atoms with Crippen molar-refractivity contribution in [3.05, 3.63) is 35.4 Å². The van der Waals surface area contributed by atoms with Gasteiger partial charge in [0.05, 0.1) is 0 Å². The first-order valence-electron chi connectivity index (χ1n) is 5.90. The monoisotopic (exact) mass is 190 g/mol. The summed E-state index contributed by atoms with van der Waals surface area (Å²) in [5.41, 5.74) is 2.96. The average Bonchev–Trinajstić information content (AvgIpc) is 2.26. The quantitative estimate of drug-likeness (QED) is 0.639. The van der Waals surface area contributed by atoms with Gasteiger partial charge in [0.25, 0.3) is 0 Å². The van der Waals surface area contributed by atoms with E-state index in [1.807, 2.05) is 0 Å². The lowest BCUT2D eigenvalue weighted by molar-refractivity contribution is 0.596.